The molecule has 0 amide bonds. The maximum absolute atomic E-state index is 10.4. The third-order valence-electron chi connectivity index (χ3n) is 5.22. The highest BCUT2D eigenvalue weighted by Gasteiger charge is 2.54. The Labute approximate surface area is 125 Å². The summed E-state index contributed by atoms with van der Waals surface area (Å²) < 4.78 is 11.7. The summed E-state index contributed by atoms with van der Waals surface area (Å²) in [6.45, 7) is 1.93. The maximum atomic E-state index is 10.4. The van der Waals surface area contributed by atoms with Gasteiger partial charge in [-0.05, 0) is 38.1 Å². The number of aliphatic hydroxyl groups excluding tert-OH is 1. The van der Waals surface area contributed by atoms with Crippen LogP contribution in [0.3, 0.4) is 0 Å². The summed E-state index contributed by atoms with van der Waals surface area (Å²) in [5.41, 5.74) is 2.45. The number of hydrogen-bond acceptors (Lipinski definition) is 4. The molecule has 0 fully saturated rings. The van der Waals surface area contributed by atoms with Crippen molar-refractivity contribution in [2.24, 2.45) is 0 Å². The topological polar surface area (TPSA) is 41.9 Å². The van der Waals surface area contributed by atoms with E-state index in [0.717, 1.165) is 37.4 Å². The summed E-state index contributed by atoms with van der Waals surface area (Å²) in [5, 5.41) is 10.4. The molecule has 112 valence electrons. The molecule has 0 saturated carbocycles. The minimum absolute atomic E-state index is 0.113. The van der Waals surface area contributed by atoms with Gasteiger partial charge in [-0.1, -0.05) is 18.2 Å². The highest BCUT2D eigenvalue weighted by Crippen LogP contribution is 2.56. The van der Waals surface area contributed by atoms with E-state index < -0.39 is 6.10 Å². The van der Waals surface area contributed by atoms with Crippen LogP contribution in [0.15, 0.2) is 24.3 Å². The zero-order chi connectivity index (χ0) is 14.6. The first-order valence-corrected chi connectivity index (χ1v) is 7.56. The Morgan fingerprint density at radius 2 is 2.29 bits per heavy atom. The standard InChI is InChI=1S/C17H21NO3/c1-18-9-8-17-7-3-4-12(19)16(17)21-15-13(20-2)6-5-11(10-18)14(15)17/h3-6,12,16,19H,7-10H2,1-2H3/t12-,16-,17-/m1/s1. The van der Waals surface area contributed by atoms with Crippen molar-refractivity contribution in [3.63, 3.8) is 0 Å². The van der Waals surface area contributed by atoms with Gasteiger partial charge in [-0.2, -0.15) is 0 Å². The summed E-state index contributed by atoms with van der Waals surface area (Å²) in [5.74, 6) is 1.62. The quantitative estimate of drug-likeness (QED) is 0.801. The number of allylic oxidation sites excluding steroid dienone is 1. The van der Waals surface area contributed by atoms with Crippen LogP contribution in [0.25, 0.3) is 0 Å². The molecule has 1 spiro atoms. The molecule has 0 aromatic heterocycles. The molecule has 1 aromatic carbocycles. The minimum Gasteiger partial charge on any atom is -0.493 e. The van der Waals surface area contributed by atoms with Crippen LogP contribution in [-0.4, -0.2) is 42.9 Å². The van der Waals surface area contributed by atoms with Gasteiger partial charge in [-0.25, -0.2) is 0 Å². The van der Waals surface area contributed by atoms with Crippen molar-refractivity contribution in [1.29, 1.82) is 0 Å². The molecule has 0 unspecified atom stereocenters. The highest BCUT2D eigenvalue weighted by atomic mass is 16.5. The maximum Gasteiger partial charge on any atom is 0.166 e. The summed E-state index contributed by atoms with van der Waals surface area (Å²) in [7, 11) is 3.83. The van der Waals surface area contributed by atoms with Crippen LogP contribution in [0.1, 0.15) is 24.0 Å². The minimum atomic E-state index is -0.549. The van der Waals surface area contributed by atoms with Gasteiger partial charge >= 0.3 is 0 Å². The third kappa shape index (κ3) is 1.69. The molecule has 4 heteroatoms. The second-order valence-corrected chi connectivity index (χ2v) is 6.44. The molecule has 2 aliphatic heterocycles. The van der Waals surface area contributed by atoms with Crippen molar-refractivity contribution in [2.45, 2.75) is 37.0 Å². The summed E-state index contributed by atoms with van der Waals surface area (Å²) in [6, 6.07) is 4.13. The average Bonchev–Trinajstić information content (AvgIpc) is 2.76. The third-order valence-corrected chi connectivity index (χ3v) is 5.22. The van der Waals surface area contributed by atoms with Crippen molar-refractivity contribution < 1.29 is 14.6 Å². The average molecular weight is 287 g/mol. The van der Waals surface area contributed by atoms with Crippen LogP contribution in [0.2, 0.25) is 0 Å². The molecule has 3 aliphatic rings. The number of aliphatic hydroxyl groups is 1. The summed E-state index contributed by atoms with van der Waals surface area (Å²) in [6.07, 6.45) is 5.15. The van der Waals surface area contributed by atoms with Crippen molar-refractivity contribution in [1.82, 2.24) is 4.90 Å². The number of hydrogen-bond donors (Lipinski definition) is 1. The van der Waals surface area contributed by atoms with Crippen molar-refractivity contribution in [3.8, 4) is 11.5 Å². The SMILES string of the molecule is COc1ccc2c3c1O[C@@H]1[C@H](O)C=CC[C@@]31CCN(C)C2. The van der Waals surface area contributed by atoms with Gasteiger partial charge in [0.15, 0.2) is 11.5 Å². The van der Waals surface area contributed by atoms with Crippen LogP contribution >= 0.6 is 0 Å². The van der Waals surface area contributed by atoms with E-state index in [1.165, 1.54) is 11.1 Å². The Bertz CT molecular complexity index is 612. The fourth-order valence-corrected chi connectivity index (χ4v) is 4.20. The number of rotatable bonds is 1. The van der Waals surface area contributed by atoms with E-state index in [9.17, 15) is 5.11 Å². The van der Waals surface area contributed by atoms with E-state index in [2.05, 4.69) is 24.1 Å². The van der Waals surface area contributed by atoms with E-state index in [4.69, 9.17) is 9.47 Å². The molecule has 1 N–H and O–H groups in total. The second kappa shape index (κ2) is 4.49. The second-order valence-electron chi connectivity index (χ2n) is 6.44. The molecule has 4 rings (SSSR count). The molecule has 3 atom stereocenters. The van der Waals surface area contributed by atoms with Gasteiger partial charge in [-0.15, -0.1) is 0 Å². The largest absolute Gasteiger partial charge is 0.493 e. The number of benzene rings is 1. The first-order chi connectivity index (χ1) is 10.2. The molecule has 2 heterocycles. The zero-order valence-corrected chi connectivity index (χ0v) is 12.5. The lowest BCUT2D eigenvalue weighted by molar-refractivity contribution is 0.0201. The molecular formula is C17H21NO3. The van der Waals surface area contributed by atoms with E-state index in [0.29, 0.717) is 0 Å². The van der Waals surface area contributed by atoms with Gasteiger partial charge in [0.25, 0.3) is 0 Å². The van der Waals surface area contributed by atoms with Gasteiger partial charge in [-0.3, -0.25) is 0 Å². The monoisotopic (exact) mass is 287 g/mol. The Balaban J connectivity index is 1.96. The van der Waals surface area contributed by atoms with Crippen LogP contribution in [0.4, 0.5) is 0 Å². The molecule has 1 aromatic rings. The first kappa shape index (κ1) is 13.2. The predicted molar refractivity (Wildman–Crippen MR) is 79.8 cm³/mol. The summed E-state index contributed by atoms with van der Waals surface area (Å²) >= 11 is 0. The molecule has 4 nitrogen and oxygen atoms in total. The van der Waals surface area contributed by atoms with Crippen LogP contribution in [0.5, 0.6) is 11.5 Å². The van der Waals surface area contributed by atoms with Crippen molar-refractivity contribution in [3.05, 3.63) is 35.4 Å². The number of methoxy groups -OCH3 is 1. The molecule has 0 saturated heterocycles. The van der Waals surface area contributed by atoms with Crippen LogP contribution in [0, 0.1) is 0 Å². The van der Waals surface area contributed by atoms with E-state index in [1.807, 2.05) is 12.1 Å². The lowest BCUT2D eigenvalue weighted by atomic mass is 9.67. The van der Waals surface area contributed by atoms with E-state index in [1.54, 1.807) is 7.11 Å². The number of nitrogens with zero attached hydrogens (tertiary/aromatic N) is 1. The van der Waals surface area contributed by atoms with Crippen LogP contribution < -0.4 is 9.47 Å². The van der Waals surface area contributed by atoms with Gasteiger partial charge in [0.05, 0.1) is 7.11 Å². The Morgan fingerprint density at radius 3 is 3.10 bits per heavy atom. The molecule has 0 bridgehead atoms. The normalized spacial score (nSPS) is 33.9. The van der Waals surface area contributed by atoms with Crippen molar-refractivity contribution >= 4 is 0 Å². The van der Waals surface area contributed by atoms with E-state index in [-0.39, 0.29) is 11.5 Å². The van der Waals surface area contributed by atoms with Gasteiger partial charge < -0.3 is 19.5 Å². The molecular weight excluding hydrogens is 266 g/mol. The van der Waals surface area contributed by atoms with E-state index >= 15 is 0 Å². The van der Waals surface area contributed by atoms with Crippen molar-refractivity contribution in [2.75, 3.05) is 20.7 Å². The van der Waals surface area contributed by atoms with Gasteiger partial charge in [0, 0.05) is 17.5 Å². The lowest BCUT2D eigenvalue weighted by Gasteiger charge is -2.38. The van der Waals surface area contributed by atoms with Crippen LogP contribution in [-0.2, 0) is 12.0 Å². The Hall–Kier alpha value is -1.52. The molecule has 1 aliphatic carbocycles. The Kier molecular flexibility index (Phi) is 2.81. The predicted octanol–water partition coefficient (Wildman–Crippen LogP) is 1.85. The first-order valence-electron chi connectivity index (χ1n) is 7.56. The number of ether oxygens (including phenoxy) is 2. The molecule has 0 radical (unpaired) electrons. The lowest BCUT2D eigenvalue weighted by Crippen LogP contribution is -2.48. The molecule has 21 heavy (non-hydrogen) atoms. The van der Waals surface area contributed by atoms with Gasteiger partial charge in [0.2, 0.25) is 0 Å². The summed E-state index contributed by atoms with van der Waals surface area (Å²) in [4.78, 5) is 2.34. The smallest absolute Gasteiger partial charge is 0.166 e. The fourth-order valence-electron chi connectivity index (χ4n) is 4.20. The van der Waals surface area contributed by atoms with Gasteiger partial charge in [0.1, 0.15) is 12.2 Å². The fraction of sp³-hybridized carbons (Fsp3) is 0.529. The highest BCUT2D eigenvalue weighted by molar-refractivity contribution is 5.59. The Morgan fingerprint density at radius 1 is 1.43 bits per heavy atom. The zero-order valence-electron chi connectivity index (χ0n) is 12.5.